The van der Waals surface area contributed by atoms with Crippen LogP contribution >= 0.6 is 46.0 Å². The van der Waals surface area contributed by atoms with Crippen molar-refractivity contribution < 1.29 is 33.0 Å². The van der Waals surface area contributed by atoms with Crippen molar-refractivity contribution in [1.29, 1.82) is 0 Å². The highest BCUT2D eigenvalue weighted by Crippen LogP contribution is 2.38. The van der Waals surface area contributed by atoms with Crippen LogP contribution in [-0.4, -0.2) is 42.3 Å². The van der Waals surface area contributed by atoms with Crippen molar-refractivity contribution in [1.82, 2.24) is 4.90 Å². The molecule has 1 heterocycles. The van der Waals surface area contributed by atoms with E-state index >= 15 is 0 Å². The Labute approximate surface area is 212 Å². The van der Waals surface area contributed by atoms with E-state index in [1.807, 2.05) is 22.6 Å². The third-order valence-corrected chi connectivity index (χ3v) is 6.50. The second-order valence-corrected chi connectivity index (χ2v) is 9.16. The van der Waals surface area contributed by atoms with Gasteiger partial charge in [-0.25, -0.2) is 9.18 Å². The smallest absolute Gasteiger partial charge is 0.344 e. The molecule has 0 aromatic heterocycles. The Kier molecular flexibility index (Phi) is 8.60. The number of amides is 2. The summed E-state index contributed by atoms with van der Waals surface area (Å²) in [5.41, 5.74) is 0.649. The summed E-state index contributed by atoms with van der Waals surface area (Å²) in [6.07, 6.45) is 1.54. The summed E-state index contributed by atoms with van der Waals surface area (Å²) in [5, 5.41) is -0.391. The molecule has 0 aliphatic carbocycles. The van der Waals surface area contributed by atoms with Crippen LogP contribution in [-0.2, 0) is 20.9 Å². The van der Waals surface area contributed by atoms with Crippen LogP contribution < -0.4 is 9.47 Å². The van der Waals surface area contributed by atoms with Crippen LogP contribution in [0, 0.1) is 9.39 Å². The highest BCUT2D eigenvalue weighted by atomic mass is 127. The van der Waals surface area contributed by atoms with Crippen molar-refractivity contribution in [2.75, 3.05) is 20.3 Å². The van der Waals surface area contributed by atoms with Gasteiger partial charge < -0.3 is 14.2 Å². The van der Waals surface area contributed by atoms with E-state index in [0.29, 0.717) is 20.6 Å². The lowest BCUT2D eigenvalue weighted by Crippen LogP contribution is -2.28. The van der Waals surface area contributed by atoms with Crippen molar-refractivity contribution in [3.8, 4) is 11.5 Å². The number of hydrogen-bond donors (Lipinski definition) is 0. The summed E-state index contributed by atoms with van der Waals surface area (Å²) >= 11 is 8.79. The zero-order chi connectivity index (χ0) is 24.1. The first-order chi connectivity index (χ1) is 15.7. The molecule has 1 fully saturated rings. The molecular weight excluding hydrogens is 588 g/mol. The van der Waals surface area contributed by atoms with E-state index < -0.39 is 22.9 Å². The van der Waals surface area contributed by atoms with E-state index in [9.17, 15) is 18.8 Å². The highest BCUT2D eigenvalue weighted by molar-refractivity contribution is 14.1. The maximum absolute atomic E-state index is 14.1. The molecule has 174 valence electrons. The van der Waals surface area contributed by atoms with E-state index in [2.05, 4.69) is 0 Å². The monoisotopic (exact) mass is 605 g/mol. The summed E-state index contributed by atoms with van der Waals surface area (Å²) in [6, 6.07) is 7.49. The standard InChI is InChI=1S/C22H18ClFINO6S/c1-3-31-19(27)11-32-20-16(25)7-12(8-17(20)30-2)9-18-21(28)26(22(29)33-18)10-13-14(23)5-4-6-15(13)24/h4-9H,3,10-11H2,1-2H3/b18-9+. The predicted molar refractivity (Wildman–Crippen MR) is 131 cm³/mol. The Bertz CT molecular complexity index is 1120. The van der Waals surface area contributed by atoms with Gasteiger partial charge in [0.1, 0.15) is 5.82 Å². The fraction of sp³-hybridized carbons (Fsp3) is 0.227. The molecule has 3 rings (SSSR count). The Morgan fingerprint density at radius 3 is 2.73 bits per heavy atom. The maximum Gasteiger partial charge on any atom is 0.344 e. The average Bonchev–Trinajstić information content (AvgIpc) is 3.02. The number of carbonyl (C=O) groups excluding carboxylic acids is 3. The van der Waals surface area contributed by atoms with Gasteiger partial charge in [0.15, 0.2) is 18.1 Å². The van der Waals surface area contributed by atoms with Gasteiger partial charge in [-0.15, -0.1) is 0 Å². The molecule has 0 saturated carbocycles. The SMILES string of the molecule is CCOC(=O)COc1c(I)cc(/C=C2/SC(=O)N(Cc3c(F)cccc3Cl)C2=O)cc1OC. The van der Waals surface area contributed by atoms with Gasteiger partial charge >= 0.3 is 5.97 Å². The number of esters is 1. The van der Waals surface area contributed by atoms with E-state index in [1.54, 1.807) is 19.1 Å². The first-order valence-electron chi connectivity index (χ1n) is 9.59. The van der Waals surface area contributed by atoms with Crippen molar-refractivity contribution >= 4 is 69.1 Å². The molecule has 1 saturated heterocycles. The Morgan fingerprint density at radius 1 is 1.30 bits per heavy atom. The summed E-state index contributed by atoms with van der Waals surface area (Å²) in [6.45, 7) is 1.39. The van der Waals surface area contributed by atoms with Gasteiger partial charge in [0.25, 0.3) is 11.1 Å². The summed E-state index contributed by atoms with van der Waals surface area (Å²) in [4.78, 5) is 38.0. The fourth-order valence-electron chi connectivity index (χ4n) is 2.93. The Balaban J connectivity index is 1.83. The Morgan fingerprint density at radius 2 is 2.06 bits per heavy atom. The quantitative estimate of drug-likeness (QED) is 0.230. The minimum atomic E-state index is -0.594. The second-order valence-electron chi connectivity index (χ2n) is 6.60. The van der Waals surface area contributed by atoms with Gasteiger partial charge in [-0.1, -0.05) is 17.7 Å². The topological polar surface area (TPSA) is 82.1 Å². The number of hydrogen-bond acceptors (Lipinski definition) is 7. The van der Waals surface area contributed by atoms with Gasteiger partial charge in [-0.3, -0.25) is 14.5 Å². The van der Waals surface area contributed by atoms with E-state index in [4.69, 9.17) is 25.8 Å². The van der Waals surface area contributed by atoms with Crippen molar-refractivity contribution in [3.05, 3.63) is 60.8 Å². The van der Waals surface area contributed by atoms with Gasteiger partial charge in [0, 0.05) is 10.6 Å². The summed E-state index contributed by atoms with van der Waals surface area (Å²) in [7, 11) is 1.44. The molecule has 2 aromatic carbocycles. The number of carbonyl (C=O) groups is 3. The van der Waals surface area contributed by atoms with Crippen LogP contribution in [0.5, 0.6) is 11.5 Å². The molecule has 0 N–H and O–H groups in total. The lowest BCUT2D eigenvalue weighted by molar-refractivity contribution is -0.145. The number of nitrogens with zero attached hydrogens (tertiary/aromatic N) is 1. The van der Waals surface area contributed by atoms with Gasteiger partial charge in [-0.05, 0) is 77.2 Å². The van der Waals surface area contributed by atoms with Crippen molar-refractivity contribution in [3.63, 3.8) is 0 Å². The van der Waals surface area contributed by atoms with E-state index in [0.717, 1.165) is 16.7 Å². The number of imide groups is 1. The van der Waals surface area contributed by atoms with Crippen LogP contribution in [0.2, 0.25) is 5.02 Å². The first-order valence-corrected chi connectivity index (χ1v) is 11.9. The molecule has 0 unspecified atom stereocenters. The maximum atomic E-state index is 14.1. The molecule has 11 heteroatoms. The summed E-state index contributed by atoms with van der Waals surface area (Å²) < 4.78 is 30.5. The van der Waals surface area contributed by atoms with Crippen LogP contribution in [0.15, 0.2) is 35.2 Å². The molecule has 1 aliphatic heterocycles. The number of methoxy groups -OCH3 is 1. The first kappa shape index (κ1) is 25.3. The largest absolute Gasteiger partial charge is 0.493 e. The highest BCUT2D eigenvalue weighted by Gasteiger charge is 2.36. The van der Waals surface area contributed by atoms with Gasteiger partial charge in [-0.2, -0.15) is 0 Å². The van der Waals surface area contributed by atoms with Crippen LogP contribution in [0.1, 0.15) is 18.1 Å². The fourth-order valence-corrected chi connectivity index (χ4v) is 4.77. The van der Waals surface area contributed by atoms with Crippen LogP contribution in [0.4, 0.5) is 9.18 Å². The van der Waals surface area contributed by atoms with Gasteiger partial charge in [0.2, 0.25) is 0 Å². The van der Waals surface area contributed by atoms with E-state index in [-0.39, 0.29) is 35.2 Å². The molecule has 0 radical (unpaired) electrons. The molecule has 1 aliphatic rings. The number of halogens is 3. The summed E-state index contributed by atoms with van der Waals surface area (Å²) in [5.74, 6) is -0.965. The molecule has 2 aromatic rings. The van der Waals surface area contributed by atoms with Gasteiger partial charge in [0.05, 0.1) is 28.7 Å². The molecule has 0 atom stereocenters. The third kappa shape index (κ3) is 5.98. The molecule has 2 amide bonds. The van der Waals surface area contributed by atoms with Crippen molar-refractivity contribution in [2.24, 2.45) is 0 Å². The average molecular weight is 606 g/mol. The third-order valence-electron chi connectivity index (χ3n) is 4.44. The minimum absolute atomic E-state index is 0.0713. The minimum Gasteiger partial charge on any atom is -0.493 e. The number of benzene rings is 2. The molecular formula is C22H18ClFINO6S. The zero-order valence-electron chi connectivity index (χ0n) is 17.5. The zero-order valence-corrected chi connectivity index (χ0v) is 21.3. The normalized spacial score (nSPS) is 14.7. The number of thioether (sulfide) groups is 1. The second kappa shape index (κ2) is 11.2. The lowest BCUT2D eigenvalue weighted by Gasteiger charge is -2.14. The number of rotatable bonds is 8. The molecule has 0 spiro atoms. The predicted octanol–water partition coefficient (Wildman–Crippen LogP) is 5.27. The van der Waals surface area contributed by atoms with Crippen LogP contribution in [0.25, 0.3) is 6.08 Å². The number of ether oxygens (including phenoxy) is 3. The molecule has 33 heavy (non-hydrogen) atoms. The van der Waals surface area contributed by atoms with Crippen LogP contribution in [0.3, 0.4) is 0 Å². The molecule has 0 bridgehead atoms. The molecule has 7 nitrogen and oxygen atoms in total. The lowest BCUT2D eigenvalue weighted by atomic mass is 10.1. The van der Waals surface area contributed by atoms with Crippen molar-refractivity contribution in [2.45, 2.75) is 13.5 Å². The van der Waals surface area contributed by atoms with E-state index in [1.165, 1.54) is 31.4 Å². The Hall–Kier alpha value is -2.31.